The van der Waals surface area contributed by atoms with Gasteiger partial charge in [-0.1, -0.05) is 54.1 Å². The molecule has 0 aliphatic carbocycles. The Morgan fingerprint density at radius 2 is 1.63 bits per heavy atom. The maximum atomic E-state index is 13.6. The van der Waals surface area contributed by atoms with Crippen LogP contribution in [0, 0.1) is 12.8 Å². The van der Waals surface area contributed by atoms with Gasteiger partial charge < -0.3 is 20.1 Å². The standard InChI is InChI=1S/C32H39N3O5S/c1-23-13-15-26(16-14-23)41(37,38)35-25-19-24(20-33-21-25)31(36)34-22-32(17-7-8-18-39-2)27-9-3-5-11-29(27)40-30-12-6-4-10-28(30)32/h3-6,9-16,24-25,33,35H,7-8,17-22H2,1-2H3,(H,34,36)/t24-,25-/m0/s1. The Morgan fingerprint density at radius 3 is 2.29 bits per heavy atom. The van der Waals surface area contributed by atoms with Crippen LogP contribution in [0.1, 0.15) is 42.4 Å². The highest BCUT2D eigenvalue weighted by atomic mass is 32.2. The van der Waals surface area contributed by atoms with E-state index in [-0.39, 0.29) is 16.7 Å². The molecular formula is C32H39N3O5S. The summed E-state index contributed by atoms with van der Waals surface area (Å²) in [5.74, 6) is 1.15. The van der Waals surface area contributed by atoms with E-state index >= 15 is 0 Å². The number of methoxy groups -OCH3 is 1. The number of para-hydroxylation sites is 2. The molecule has 3 N–H and O–H groups in total. The Balaban J connectivity index is 1.33. The molecule has 1 amide bonds. The van der Waals surface area contributed by atoms with Gasteiger partial charge in [0.15, 0.2) is 0 Å². The maximum Gasteiger partial charge on any atom is 0.240 e. The van der Waals surface area contributed by atoms with Crippen LogP contribution >= 0.6 is 0 Å². The molecule has 2 aliphatic rings. The fourth-order valence-electron chi connectivity index (χ4n) is 6.01. The van der Waals surface area contributed by atoms with Gasteiger partial charge in [0.2, 0.25) is 15.9 Å². The summed E-state index contributed by atoms with van der Waals surface area (Å²) in [5, 5.41) is 6.52. The number of ether oxygens (including phenoxy) is 2. The molecule has 41 heavy (non-hydrogen) atoms. The molecule has 0 saturated carbocycles. The molecule has 9 heteroatoms. The van der Waals surface area contributed by atoms with Crippen LogP contribution < -0.4 is 20.1 Å². The third-order valence-corrected chi connectivity index (χ3v) is 9.70. The van der Waals surface area contributed by atoms with Crippen molar-refractivity contribution in [2.45, 2.75) is 49.0 Å². The van der Waals surface area contributed by atoms with E-state index in [1.807, 2.05) is 43.3 Å². The number of unbranched alkanes of at least 4 members (excludes halogenated alkanes) is 1. The summed E-state index contributed by atoms with van der Waals surface area (Å²) in [7, 11) is -1.98. The number of hydrogen-bond donors (Lipinski definition) is 3. The fraction of sp³-hybridized carbons (Fsp3) is 0.406. The molecule has 3 aromatic rings. The van der Waals surface area contributed by atoms with Crippen molar-refractivity contribution in [3.8, 4) is 11.5 Å². The van der Waals surface area contributed by atoms with Gasteiger partial charge in [-0.2, -0.15) is 0 Å². The lowest BCUT2D eigenvalue weighted by molar-refractivity contribution is -0.125. The zero-order valence-corrected chi connectivity index (χ0v) is 24.5. The average Bonchev–Trinajstić information content (AvgIpc) is 2.98. The number of fused-ring (bicyclic) bond motifs is 2. The van der Waals surface area contributed by atoms with Gasteiger partial charge in [-0.3, -0.25) is 4.79 Å². The Kier molecular flexibility index (Phi) is 9.09. The van der Waals surface area contributed by atoms with E-state index in [1.165, 1.54) is 0 Å². The van der Waals surface area contributed by atoms with Crippen molar-refractivity contribution >= 4 is 15.9 Å². The molecule has 1 fully saturated rings. The van der Waals surface area contributed by atoms with Crippen LogP contribution in [0.3, 0.4) is 0 Å². The summed E-state index contributed by atoms with van der Waals surface area (Å²) in [5.41, 5.74) is 2.64. The molecule has 8 nitrogen and oxygen atoms in total. The maximum absolute atomic E-state index is 13.6. The number of benzene rings is 3. The molecule has 3 aromatic carbocycles. The molecule has 0 bridgehead atoms. The normalized spacial score (nSPS) is 19.5. The van der Waals surface area contributed by atoms with Crippen LogP contribution in [-0.4, -0.2) is 53.7 Å². The quantitative estimate of drug-likeness (QED) is 0.294. The Labute approximate surface area is 242 Å². The van der Waals surface area contributed by atoms with Gasteiger partial charge in [0, 0.05) is 55.9 Å². The molecule has 2 heterocycles. The van der Waals surface area contributed by atoms with Crippen LogP contribution in [0.5, 0.6) is 11.5 Å². The van der Waals surface area contributed by atoms with Crippen molar-refractivity contribution in [1.82, 2.24) is 15.4 Å². The van der Waals surface area contributed by atoms with E-state index in [4.69, 9.17) is 9.47 Å². The summed E-state index contributed by atoms with van der Waals surface area (Å²) < 4.78 is 40.3. The molecule has 2 atom stereocenters. The molecular weight excluding hydrogens is 538 g/mol. The lowest BCUT2D eigenvalue weighted by Gasteiger charge is -2.41. The highest BCUT2D eigenvalue weighted by molar-refractivity contribution is 7.89. The average molecular weight is 578 g/mol. The minimum atomic E-state index is -3.69. The molecule has 0 aromatic heterocycles. The number of sulfonamides is 1. The number of hydrogen-bond acceptors (Lipinski definition) is 6. The molecule has 1 saturated heterocycles. The second kappa shape index (κ2) is 12.7. The first-order valence-corrected chi connectivity index (χ1v) is 15.7. The number of carbonyl (C=O) groups is 1. The van der Waals surface area contributed by atoms with E-state index in [0.29, 0.717) is 32.7 Å². The SMILES string of the molecule is COCCCCC1(CNC(=O)[C@@H]2CNC[C@@H](NS(=O)(=O)c3ccc(C)cc3)C2)c2ccccc2Oc2ccccc21. The number of nitrogens with one attached hydrogen (secondary N) is 3. The second-order valence-corrected chi connectivity index (χ2v) is 12.8. The zero-order chi connectivity index (χ0) is 28.9. The minimum Gasteiger partial charge on any atom is -0.457 e. The van der Waals surface area contributed by atoms with Crippen LogP contribution in [-0.2, 0) is 25.0 Å². The second-order valence-electron chi connectivity index (χ2n) is 11.1. The van der Waals surface area contributed by atoms with Crippen molar-refractivity contribution in [3.63, 3.8) is 0 Å². The molecule has 2 aliphatic heterocycles. The summed E-state index contributed by atoms with van der Waals surface area (Å²) in [6.07, 6.45) is 3.06. The number of aryl methyl sites for hydroxylation is 1. The first kappa shape index (κ1) is 29.3. The largest absolute Gasteiger partial charge is 0.457 e. The van der Waals surface area contributed by atoms with Gasteiger partial charge in [0.1, 0.15) is 11.5 Å². The summed E-state index contributed by atoms with van der Waals surface area (Å²) in [6, 6.07) is 22.5. The Hall–Kier alpha value is -3.24. The van der Waals surface area contributed by atoms with Crippen molar-refractivity contribution in [2.24, 2.45) is 5.92 Å². The van der Waals surface area contributed by atoms with Gasteiger partial charge in [-0.25, -0.2) is 13.1 Å². The van der Waals surface area contributed by atoms with E-state index in [0.717, 1.165) is 47.5 Å². The van der Waals surface area contributed by atoms with Gasteiger partial charge in [0.05, 0.1) is 10.8 Å². The highest BCUT2D eigenvalue weighted by Gasteiger charge is 2.42. The molecule has 0 spiro atoms. The minimum absolute atomic E-state index is 0.0885. The lowest BCUT2D eigenvalue weighted by atomic mass is 9.69. The van der Waals surface area contributed by atoms with Crippen LogP contribution in [0.25, 0.3) is 0 Å². The summed E-state index contributed by atoms with van der Waals surface area (Å²) >= 11 is 0. The van der Waals surface area contributed by atoms with E-state index in [9.17, 15) is 13.2 Å². The van der Waals surface area contributed by atoms with Gasteiger partial charge >= 0.3 is 0 Å². The fourth-order valence-corrected chi connectivity index (χ4v) is 7.25. The van der Waals surface area contributed by atoms with Crippen molar-refractivity contribution < 1.29 is 22.7 Å². The Bertz CT molecular complexity index is 1410. The summed E-state index contributed by atoms with van der Waals surface area (Å²) in [4.78, 5) is 13.8. The smallest absolute Gasteiger partial charge is 0.240 e. The van der Waals surface area contributed by atoms with Crippen LogP contribution in [0.2, 0.25) is 0 Å². The van der Waals surface area contributed by atoms with Crippen LogP contribution in [0.4, 0.5) is 0 Å². The first-order chi connectivity index (χ1) is 19.8. The molecule has 0 unspecified atom stereocenters. The van der Waals surface area contributed by atoms with Crippen LogP contribution in [0.15, 0.2) is 77.7 Å². The van der Waals surface area contributed by atoms with Crippen molar-refractivity contribution in [2.75, 3.05) is 33.4 Å². The lowest BCUT2D eigenvalue weighted by Crippen LogP contribution is -2.53. The molecule has 5 rings (SSSR count). The number of piperidine rings is 1. The van der Waals surface area contributed by atoms with Gasteiger partial charge in [-0.15, -0.1) is 0 Å². The van der Waals surface area contributed by atoms with Gasteiger partial charge in [-0.05, 0) is 56.9 Å². The van der Waals surface area contributed by atoms with E-state index < -0.39 is 21.5 Å². The predicted octanol–water partition coefficient (Wildman–Crippen LogP) is 4.28. The monoisotopic (exact) mass is 577 g/mol. The van der Waals surface area contributed by atoms with Crippen molar-refractivity contribution in [3.05, 3.63) is 89.5 Å². The number of rotatable bonds is 11. The topological polar surface area (TPSA) is 106 Å². The van der Waals surface area contributed by atoms with E-state index in [1.54, 1.807) is 31.4 Å². The zero-order valence-electron chi connectivity index (χ0n) is 23.7. The third kappa shape index (κ3) is 6.48. The molecule has 0 radical (unpaired) electrons. The number of carbonyl (C=O) groups excluding carboxylic acids is 1. The van der Waals surface area contributed by atoms with E-state index in [2.05, 4.69) is 27.5 Å². The molecule has 218 valence electrons. The number of amides is 1. The Morgan fingerprint density at radius 1 is 0.976 bits per heavy atom. The first-order valence-electron chi connectivity index (χ1n) is 14.3. The van der Waals surface area contributed by atoms with Gasteiger partial charge in [0.25, 0.3) is 0 Å². The third-order valence-electron chi connectivity index (χ3n) is 8.17. The highest BCUT2D eigenvalue weighted by Crippen LogP contribution is 2.50. The van der Waals surface area contributed by atoms with Crippen molar-refractivity contribution in [1.29, 1.82) is 0 Å². The summed E-state index contributed by atoms with van der Waals surface area (Å²) in [6.45, 7) is 3.96. The predicted molar refractivity (Wildman–Crippen MR) is 159 cm³/mol.